The Morgan fingerprint density at radius 2 is 2.00 bits per heavy atom. The van der Waals surface area contributed by atoms with Crippen LogP contribution in [0.15, 0.2) is 24.3 Å². The fourth-order valence-electron chi connectivity index (χ4n) is 2.24. The fraction of sp³-hybridized carbons (Fsp3) is 0.467. The van der Waals surface area contributed by atoms with E-state index in [1.807, 2.05) is 45.0 Å². The van der Waals surface area contributed by atoms with Crippen molar-refractivity contribution in [3.05, 3.63) is 29.8 Å². The first kappa shape index (κ1) is 14.5. The average molecular weight is 275 g/mol. The van der Waals surface area contributed by atoms with Crippen LogP contribution in [0.2, 0.25) is 0 Å². The quantitative estimate of drug-likeness (QED) is 0.869. The Kier molecular flexibility index (Phi) is 4.09. The zero-order valence-electron chi connectivity index (χ0n) is 12.2. The van der Waals surface area contributed by atoms with Crippen molar-refractivity contribution in [1.82, 2.24) is 10.2 Å². The molecule has 0 bridgehead atoms. The highest BCUT2D eigenvalue weighted by Crippen LogP contribution is 2.13. The van der Waals surface area contributed by atoms with Gasteiger partial charge >= 0.3 is 0 Å². The molecule has 5 nitrogen and oxygen atoms in total. The van der Waals surface area contributed by atoms with Gasteiger partial charge in [-0.3, -0.25) is 9.59 Å². The molecule has 0 radical (unpaired) electrons. The molecule has 1 aromatic carbocycles. The monoisotopic (exact) mass is 275 g/mol. The first-order chi connectivity index (χ1) is 9.38. The Labute approximate surface area is 119 Å². The second kappa shape index (κ2) is 5.63. The van der Waals surface area contributed by atoms with E-state index in [9.17, 15) is 9.59 Å². The minimum Gasteiger partial charge on any atom is -0.331 e. The van der Waals surface area contributed by atoms with Crippen LogP contribution in [0.5, 0.6) is 0 Å². The lowest BCUT2D eigenvalue weighted by Gasteiger charge is -2.37. The van der Waals surface area contributed by atoms with Crippen molar-refractivity contribution in [3.8, 4) is 0 Å². The van der Waals surface area contributed by atoms with Gasteiger partial charge in [-0.2, -0.15) is 0 Å². The topological polar surface area (TPSA) is 61.4 Å². The number of carbonyl (C=O) groups is 2. The van der Waals surface area contributed by atoms with Crippen molar-refractivity contribution in [3.63, 3.8) is 0 Å². The molecule has 1 aromatic rings. The number of hydrogen-bond donors (Lipinski definition) is 2. The summed E-state index contributed by atoms with van der Waals surface area (Å²) in [5.74, 6) is -0.206. The molecule has 108 valence electrons. The molecule has 0 unspecified atom stereocenters. The Hall–Kier alpha value is -1.88. The summed E-state index contributed by atoms with van der Waals surface area (Å²) in [6.07, 6.45) is 0. The average Bonchev–Trinajstić information content (AvgIpc) is 2.38. The molecule has 0 saturated carbocycles. The summed E-state index contributed by atoms with van der Waals surface area (Å²) in [5, 5.41) is 5.96. The standard InChI is InChI=1S/C15H21N3O2/c1-11-4-6-12(7-5-11)17-13(19)10-18-9-8-16-15(2,3)14(18)20/h4-7,16H,8-10H2,1-3H3,(H,17,19). The number of nitrogens with one attached hydrogen (secondary N) is 2. The third-order valence-electron chi connectivity index (χ3n) is 3.44. The molecule has 1 fully saturated rings. The molecule has 0 spiro atoms. The van der Waals surface area contributed by atoms with Crippen molar-refractivity contribution < 1.29 is 9.59 Å². The highest BCUT2D eigenvalue weighted by molar-refractivity contribution is 5.96. The van der Waals surface area contributed by atoms with Crippen molar-refractivity contribution in [2.75, 3.05) is 25.0 Å². The fourth-order valence-corrected chi connectivity index (χ4v) is 2.24. The molecule has 1 heterocycles. The van der Waals surface area contributed by atoms with E-state index in [0.717, 1.165) is 11.3 Å². The summed E-state index contributed by atoms with van der Waals surface area (Å²) in [4.78, 5) is 25.8. The van der Waals surface area contributed by atoms with Gasteiger partial charge in [-0.15, -0.1) is 0 Å². The van der Waals surface area contributed by atoms with E-state index in [0.29, 0.717) is 13.1 Å². The maximum absolute atomic E-state index is 12.2. The molecule has 2 N–H and O–H groups in total. The van der Waals surface area contributed by atoms with Crippen LogP contribution in [0.1, 0.15) is 19.4 Å². The van der Waals surface area contributed by atoms with Gasteiger partial charge in [0, 0.05) is 18.8 Å². The zero-order chi connectivity index (χ0) is 14.8. The smallest absolute Gasteiger partial charge is 0.243 e. The number of amides is 2. The van der Waals surface area contributed by atoms with Crippen LogP contribution in [0.4, 0.5) is 5.69 Å². The van der Waals surface area contributed by atoms with Gasteiger partial charge in [0.05, 0.1) is 12.1 Å². The number of carbonyl (C=O) groups excluding carboxylic acids is 2. The van der Waals surface area contributed by atoms with Gasteiger partial charge in [-0.25, -0.2) is 0 Å². The van der Waals surface area contributed by atoms with Gasteiger partial charge in [-0.05, 0) is 32.9 Å². The summed E-state index contributed by atoms with van der Waals surface area (Å²) < 4.78 is 0. The second-order valence-electron chi connectivity index (χ2n) is 5.69. The van der Waals surface area contributed by atoms with Crippen LogP contribution in [0.25, 0.3) is 0 Å². The van der Waals surface area contributed by atoms with Crippen molar-refractivity contribution in [2.45, 2.75) is 26.3 Å². The minimum atomic E-state index is -0.595. The molecule has 0 aromatic heterocycles. The van der Waals surface area contributed by atoms with Gasteiger partial charge < -0.3 is 15.5 Å². The third kappa shape index (κ3) is 3.36. The van der Waals surface area contributed by atoms with E-state index in [1.165, 1.54) is 0 Å². The number of piperazine rings is 1. The van der Waals surface area contributed by atoms with Crippen LogP contribution in [0, 0.1) is 6.92 Å². The van der Waals surface area contributed by atoms with E-state index in [4.69, 9.17) is 0 Å². The van der Waals surface area contributed by atoms with Crippen LogP contribution in [0.3, 0.4) is 0 Å². The Balaban J connectivity index is 1.94. The number of rotatable bonds is 3. The highest BCUT2D eigenvalue weighted by Gasteiger charge is 2.35. The summed E-state index contributed by atoms with van der Waals surface area (Å²) in [6, 6.07) is 7.59. The Morgan fingerprint density at radius 3 is 2.65 bits per heavy atom. The Bertz CT molecular complexity index is 508. The van der Waals surface area contributed by atoms with Crippen molar-refractivity contribution in [2.24, 2.45) is 0 Å². The lowest BCUT2D eigenvalue weighted by Crippen LogP contribution is -2.62. The van der Waals surface area contributed by atoms with Crippen molar-refractivity contribution >= 4 is 17.5 Å². The van der Waals surface area contributed by atoms with Crippen molar-refractivity contribution in [1.29, 1.82) is 0 Å². The molecule has 1 aliphatic heterocycles. The number of nitrogens with zero attached hydrogens (tertiary/aromatic N) is 1. The summed E-state index contributed by atoms with van der Waals surface area (Å²) >= 11 is 0. The number of aryl methyl sites for hydroxylation is 1. The zero-order valence-corrected chi connectivity index (χ0v) is 12.2. The first-order valence-electron chi connectivity index (χ1n) is 6.79. The van der Waals surface area contributed by atoms with Crippen LogP contribution in [-0.2, 0) is 9.59 Å². The van der Waals surface area contributed by atoms with Crippen LogP contribution < -0.4 is 10.6 Å². The molecule has 20 heavy (non-hydrogen) atoms. The van der Waals surface area contributed by atoms with Crippen LogP contribution in [-0.4, -0.2) is 41.9 Å². The number of anilines is 1. The molecule has 1 aliphatic rings. The van der Waals surface area contributed by atoms with E-state index in [-0.39, 0.29) is 18.4 Å². The minimum absolute atomic E-state index is 0.0391. The summed E-state index contributed by atoms with van der Waals surface area (Å²) in [6.45, 7) is 7.02. The second-order valence-corrected chi connectivity index (χ2v) is 5.69. The molecule has 0 atom stereocenters. The molecule has 2 amide bonds. The van der Waals surface area contributed by atoms with Gasteiger partial charge in [0.15, 0.2) is 0 Å². The molecule has 1 saturated heterocycles. The lowest BCUT2D eigenvalue weighted by molar-refractivity contribution is -0.142. The lowest BCUT2D eigenvalue weighted by atomic mass is 10.0. The van der Waals surface area contributed by atoms with Gasteiger partial charge in [0.1, 0.15) is 0 Å². The molecule has 2 rings (SSSR count). The third-order valence-corrected chi connectivity index (χ3v) is 3.44. The van der Waals surface area contributed by atoms with E-state index in [1.54, 1.807) is 4.90 Å². The largest absolute Gasteiger partial charge is 0.331 e. The van der Waals surface area contributed by atoms with Crippen LogP contribution >= 0.6 is 0 Å². The van der Waals surface area contributed by atoms with Gasteiger partial charge in [-0.1, -0.05) is 17.7 Å². The normalized spacial score (nSPS) is 17.9. The summed E-state index contributed by atoms with van der Waals surface area (Å²) in [7, 11) is 0. The Morgan fingerprint density at radius 1 is 1.35 bits per heavy atom. The van der Waals surface area contributed by atoms with E-state index in [2.05, 4.69) is 10.6 Å². The predicted molar refractivity (Wildman–Crippen MR) is 78.5 cm³/mol. The highest BCUT2D eigenvalue weighted by atomic mass is 16.2. The molecule has 5 heteroatoms. The predicted octanol–water partition coefficient (Wildman–Crippen LogP) is 1.14. The van der Waals surface area contributed by atoms with Gasteiger partial charge in [0.25, 0.3) is 0 Å². The van der Waals surface area contributed by atoms with E-state index < -0.39 is 5.54 Å². The summed E-state index contributed by atoms with van der Waals surface area (Å²) in [5.41, 5.74) is 1.30. The SMILES string of the molecule is Cc1ccc(NC(=O)CN2CCNC(C)(C)C2=O)cc1. The number of benzene rings is 1. The van der Waals surface area contributed by atoms with Gasteiger partial charge in [0.2, 0.25) is 11.8 Å². The molecular formula is C15H21N3O2. The van der Waals surface area contributed by atoms with E-state index >= 15 is 0 Å². The molecular weight excluding hydrogens is 254 g/mol. The maximum atomic E-state index is 12.2. The first-order valence-corrected chi connectivity index (χ1v) is 6.79. The maximum Gasteiger partial charge on any atom is 0.243 e. The molecule has 0 aliphatic carbocycles. The number of hydrogen-bond acceptors (Lipinski definition) is 3.